The molecule has 0 spiro atoms. The highest BCUT2D eigenvalue weighted by Gasteiger charge is 1.97. The van der Waals surface area contributed by atoms with E-state index in [-0.39, 0.29) is 12.5 Å². The van der Waals surface area contributed by atoms with Gasteiger partial charge in [-0.05, 0) is 24.8 Å². The highest BCUT2D eigenvalue weighted by molar-refractivity contribution is 5.76. The lowest BCUT2D eigenvalue weighted by Gasteiger charge is -2.03. The third-order valence-corrected chi connectivity index (χ3v) is 2.36. The smallest absolute Gasteiger partial charge is 0.245 e. The number of unbranched alkanes of at least 4 members (excludes halogenated alkanes) is 1. The van der Waals surface area contributed by atoms with Crippen molar-refractivity contribution < 1.29 is 9.53 Å². The van der Waals surface area contributed by atoms with Gasteiger partial charge in [0.15, 0.2) is 0 Å². The number of hydrogen-bond acceptors (Lipinski definition) is 2. The average Bonchev–Trinajstić information content (AvgIpc) is 2.34. The summed E-state index contributed by atoms with van der Waals surface area (Å²) in [7, 11) is 1.61. The summed E-state index contributed by atoms with van der Waals surface area (Å²) in [6.45, 7) is 0.822. The van der Waals surface area contributed by atoms with Crippen molar-refractivity contribution in [2.75, 3.05) is 20.3 Å². The molecule has 1 aromatic rings. The molecule has 88 valence electrons. The van der Waals surface area contributed by atoms with Gasteiger partial charge in [-0.2, -0.15) is 0 Å². The van der Waals surface area contributed by atoms with Gasteiger partial charge in [-0.1, -0.05) is 30.3 Å². The molecule has 0 unspecified atom stereocenters. The molecule has 16 heavy (non-hydrogen) atoms. The molecule has 0 atom stereocenters. The Morgan fingerprint density at radius 2 is 2.00 bits per heavy atom. The van der Waals surface area contributed by atoms with E-state index in [2.05, 4.69) is 29.6 Å². The summed E-state index contributed by atoms with van der Waals surface area (Å²) >= 11 is 0. The van der Waals surface area contributed by atoms with E-state index in [4.69, 9.17) is 4.74 Å². The molecule has 0 radical (unpaired) electrons. The maximum absolute atomic E-state index is 10.8. The Morgan fingerprint density at radius 1 is 1.25 bits per heavy atom. The van der Waals surface area contributed by atoms with Crippen LogP contribution in [0.4, 0.5) is 0 Å². The fourth-order valence-electron chi connectivity index (χ4n) is 1.41. The number of amides is 1. The lowest BCUT2D eigenvalue weighted by Crippen LogP contribution is -2.23. The summed E-state index contributed by atoms with van der Waals surface area (Å²) in [5, 5.41) is 2.52. The number of hydrogen-bond donors (Lipinski definition) is 1. The minimum absolute atomic E-state index is 0.0666. The average molecular weight is 221 g/mol. The van der Waals surface area contributed by atoms with Crippen molar-refractivity contribution in [3.63, 3.8) is 0 Å². The van der Waals surface area contributed by atoms with Gasteiger partial charge >= 0.3 is 0 Å². The first-order valence-corrected chi connectivity index (χ1v) is 5.65. The Kier molecular flexibility index (Phi) is 6.26. The minimum Gasteiger partial charge on any atom is -0.372 e. The van der Waals surface area contributed by atoms with E-state index in [0.717, 1.165) is 19.3 Å². The van der Waals surface area contributed by atoms with Crippen LogP contribution in [0.25, 0.3) is 0 Å². The summed E-state index contributed by atoms with van der Waals surface area (Å²) < 4.78 is 5.21. The van der Waals surface area contributed by atoms with Crippen molar-refractivity contribution in [3.8, 4) is 0 Å². The van der Waals surface area contributed by atoms with Crippen LogP contribution in [0.5, 0.6) is 0 Å². The normalized spacial score (nSPS) is 10.1. The van der Waals surface area contributed by atoms with Crippen molar-refractivity contribution >= 4 is 5.91 Å². The largest absolute Gasteiger partial charge is 0.372 e. The zero-order valence-corrected chi connectivity index (χ0v) is 9.74. The van der Waals surface area contributed by atoms with Crippen LogP contribution >= 0.6 is 0 Å². The van der Waals surface area contributed by atoms with Crippen molar-refractivity contribution in [2.45, 2.75) is 19.3 Å². The zero-order valence-electron chi connectivity index (χ0n) is 9.74. The first-order valence-electron chi connectivity index (χ1n) is 5.65. The molecule has 0 fully saturated rings. The van der Waals surface area contributed by atoms with E-state index in [1.165, 1.54) is 5.56 Å². The van der Waals surface area contributed by atoms with Gasteiger partial charge in [0.05, 0.1) is 0 Å². The minimum atomic E-state index is -0.0666. The Bertz CT molecular complexity index is 298. The molecule has 0 aliphatic rings. The lowest BCUT2D eigenvalue weighted by atomic mass is 10.1. The second kappa shape index (κ2) is 7.88. The van der Waals surface area contributed by atoms with Crippen LogP contribution < -0.4 is 5.32 Å². The lowest BCUT2D eigenvalue weighted by molar-refractivity contribution is -0.125. The van der Waals surface area contributed by atoms with Crippen LogP contribution in [-0.4, -0.2) is 26.2 Å². The number of likely N-dealkylation sites (N-methyl/N-ethyl adjacent to an activating group) is 1. The van der Waals surface area contributed by atoms with Crippen LogP contribution in [0, 0.1) is 0 Å². The fourth-order valence-corrected chi connectivity index (χ4v) is 1.41. The molecule has 1 aromatic carbocycles. The number of rotatable bonds is 7. The standard InChI is InChI=1S/C13H19NO2/c1-14-13(15)11-16-10-6-5-9-12-7-3-2-4-8-12/h2-4,7-8H,5-6,9-11H2,1H3,(H,14,15). The third kappa shape index (κ3) is 5.51. The van der Waals surface area contributed by atoms with Gasteiger partial charge in [-0.25, -0.2) is 0 Å². The first kappa shape index (κ1) is 12.7. The van der Waals surface area contributed by atoms with Gasteiger partial charge in [0.2, 0.25) is 5.91 Å². The predicted octanol–water partition coefficient (Wildman–Crippen LogP) is 1.77. The molecule has 1 amide bonds. The van der Waals surface area contributed by atoms with E-state index >= 15 is 0 Å². The molecule has 0 bridgehead atoms. The maximum Gasteiger partial charge on any atom is 0.245 e. The maximum atomic E-state index is 10.8. The third-order valence-electron chi connectivity index (χ3n) is 2.36. The van der Waals surface area contributed by atoms with Crippen molar-refractivity contribution in [1.29, 1.82) is 0 Å². The predicted molar refractivity (Wildman–Crippen MR) is 64.3 cm³/mol. The zero-order chi connectivity index (χ0) is 11.6. The molecule has 0 heterocycles. The van der Waals surface area contributed by atoms with Crippen molar-refractivity contribution in [2.24, 2.45) is 0 Å². The van der Waals surface area contributed by atoms with Crippen LogP contribution in [0.2, 0.25) is 0 Å². The number of nitrogens with one attached hydrogen (secondary N) is 1. The van der Waals surface area contributed by atoms with E-state index in [1.807, 2.05) is 6.07 Å². The summed E-state index contributed by atoms with van der Waals surface area (Å²) in [6, 6.07) is 10.4. The van der Waals surface area contributed by atoms with Crippen LogP contribution in [0.15, 0.2) is 30.3 Å². The Hall–Kier alpha value is -1.35. The van der Waals surface area contributed by atoms with Crippen molar-refractivity contribution in [1.82, 2.24) is 5.32 Å². The number of carbonyl (C=O) groups is 1. The van der Waals surface area contributed by atoms with Crippen LogP contribution in [0.3, 0.4) is 0 Å². The fraction of sp³-hybridized carbons (Fsp3) is 0.462. The summed E-state index contributed by atoms with van der Waals surface area (Å²) in [5.74, 6) is -0.0666. The highest BCUT2D eigenvalue weighted by atomic mass is 16.5. The van der Waals surface area contributed by atoms with Gasteiger partial charge < -0.3 is 10.1 Å². The topological polar surface area (TPSA) is 38.3 Å². The van der Waals surface area contributed by atoms with E-state index in [0.29, 0.717) is 6.61 Å². The Labute approximate surface area is 96.8 Å². The number of carbonyl (C=O) groups excluding carboxylic acids is 1. The highest BCUT2D eigenvalue weighted by Crippen LogP contribution is 2.04. The van der Waals surface area contributed by atoms with Crippen LogP contribution in [-0.2, 0) is 16.0 Å². The number of benzene rings is 1. The van der Waals surface area contributed by atoms with Gasteiger partial charge in [-0.15, -0.1) is 0 Å². The SMILES string of the molecule is CNC(=O)COCCCCc1ccccc1. The molecule has 3 nitrogen and oxygen atoms in total. The molecule has 0 aromatic heterocycles. The molecular formula is C13H19NO2. The van der Waals surface area contributed by atoms with E-state index < -0.39 is 0 Å². The molecule has 0 aliphatic heterocycles. The molecule has 0 saturated heterocycles. The van der Waals surface area contributed by atoms with E-state index in [1.54, 1.807) is 7.05 Å². The second-order valence-corrected chi connectivity index (χ2v) is 3.67. The van der Waals surface area contributed by atoms with Crippen molar-refractivity contribution in [3.05, 3.63) is 35.9 Å². The number of aryl methyl sites for hydroxylation is 1. The first-order chi connectivity index (χ1) is 7.83. The Morgan fingerprint density at radius 3 is 2.69 bits per heavy atom. The van der Waals surface area contributed by atoms with Gasteiger partial charge in [-0.3, -0.25) is 4.79 Å². The van der Waals surface area contributed by atoms with Gasteiger partial charge in [0.1, 0.15) is 6.61 Å². The van der Waals surface area contributed by atoms with E-state index in [9.17, 15) is 4.79 Å². The summed E-state index contributed by atoms with van der Waals surface area (Å²) in [6.07, 6.45) is 3.16. The summed E-state index contributed by atoms with van der Waals surface area (Å²) in [4.78, 5) is 10.8. The Balaban J connectivity index is 1.98. The molecule has 1 rings (SSSR count). The van der Waals surface area contributed by atoms with Crippen LogP contribution in [0.1, 0.15) is 18.4 Å². The van der Waals surface area contributed by atoms with Gasteiger partial charge in [0, 0.05) is 13.7 Å². The summed E-state index contributed by atoms with van der Waals surface area (Å²) in [5.41, 5.74) is 1.36. The monoisotopic (exact) mass is 221 g/mol. The van der Waals surface area contributed by atoms with Gasteiger partial charge in [0.25, 0.3) is 0 Å². The quantitative estimate of drug-likeness (QED) is 0.713. The molecule has 0 aliphatic carbocycles. The molecular weight excluding hydrogens is 202 g/mol. The molecule has 0 saturated carbocycles. The molecule has 1 N–H and O–H groups in total. The number of ether oxygens (including phenoxy) is 1. The molecule has 3 heteroatoms. The second-order valence-electron chi connectivity index (χ2n) is 3.67.